The largest absolute Gasteiger partial charge is 0.309 e. The predicted molar refractivity (Wildman–Crippen MR) is 318 cm³/mol. The molecule has 0 bridgehead atoms. The summed E-state index contributed by atoms with van der Waals surface area (Å²) in [6.45, 7) is 43.0. The molecule has 4 aliphatic rings. The molecule has 0 aliphatic carbocycles. The molecule has 9 aromatic rings. The fourth-order valence-electron chi connectivity index (χ4n) is 12.8. The Morgan fingerprint density at radius 3 is 0.944 bits per heavy atom. The summed E-state index contributed by atoms with van der Waals surface area (Å²) in [4.78, 5) is 5.60. The van der Waals surface area contributed by atoms with Crippen LogP contribution in [0.1, 0.15) is 158 Å². The van der Waals surface area contributed by atoms with Crippen LogP contribution in [-0.4, -0.2) is 22.6 Å². The normalized spacial score (nSPS) is 15.2. The molecule has 0 amide bonds. The monoisotopic (exact) mass is 977 g/mol. The lowest BCUT2D eigenvalue weighted by Crippen LogP contribution is -2.64. The van der Waals surface area contributed by atoms with E-state index in [1.807, 2.05) is 23.5 Å². The standard InChI is InChI=1S/C66H70B2N2S2/c1-61(2,3)35-19-23-49-41(27-35)43-29-39(65(13,14)15)33-47-55(43)69(49)57-53-60(72-51-25-21-37(63(7,8)9)31-45(51)67(47)53)58-54-59(57)71-52-26-22-38(64(10,11)12)32-46(52)68(54)48-34-40(66(16,17)18)30-44-42-28-36(62(4,5)6)20-24-50(42)70(58)56(44)48/h19-34H,1-18H3. The average Bonchev–Trinajstić information content (AvgIpc) is 3.79. The van der Waals surface area contributed by atoms with E-state index in [0.29, 0.717) is 0 Å². The van der Waals surface area contributed by atoms with Gasteiger partial charge in [0.15, 0.2) is 0 Å². The Hall–Kier alpha value is -5.03. The van der Waals surface area contributed by atoms with Crippen LogP contribution in [0.2, 0.25) is 0 Å². The Kier molecular flexibility index (Phi) is 9.36. The van der Waals surface area contributed by atoms with Gasteiger partial charge in [0.05, 0.1) is 22.4 Å². The van der Waals surface area contributed by atoms with Gasteiger partial charge in [-0.15, -0.1) is 0 Å². The molecule has 6 heterocycles. The Bertz CT molecular complexity index is 3670. The minimum atomic E-state index is -0.0545. The fraction of sp³-hybridized carbons (Fsp3) is 0.364. The molecule has 4 aliphatic heterocycles. The second-order valence-corrected chi connectivity index (χ2v) is 30.4. The van der Waals surface area contributed by atoms with Gasteiger partial charge in [-0.1, -0.05) is 208 Å². The van der Waals surface area contributed by atoms with Crippen molar-refractivity contribution in [2.75, 3.05) is 0 Å². The van der Waals surface area contributed by atoms with Crippen LogP contribution in [0.4, 0.5) is 0 Å². The first kappa shape index (κ1) is 46.7. The van der Waals surface area contributed by atoms with Gasteiger partial charge in [0.2, 0.25) is 13.4 Å². The molecule has 362 valence electrons. The molecule has 0 saturated carbocycles. The maximum atomic E-state index is 2.78. The first-order valence-corrected chi connectivity index (χ1v) is 28.3. The molecule has 0 N–H and O–H groups in total. The lowest BCUT2D eigenvalue weighted by Gasteiger charge is -2.42. The minimum Gasteiger partial charge on any atom is -0.309 e. The topological polar surface area (TPSA) is 9.86 Å². The molecule has 72 heavy (non-hydrogen) atoms. The van der Waals surface area contributed by atoms with E-state index < -0.39 is 0 Å². The second kappa shape index (κ2) is 14.4. The van der Waals surface area contributed by atoms with Gasteiger partial charge in [-0.3, -0.25) is 0 Å². The van der Waals surface area contributed by atoms with Crippen molar-refractivity contribution >= 4 is 113 Å². The number of hydrogen-bond acceptors (Lipinski definition) is 2. The molecule has 7 aromatic carbocycles. The number of nitrogens with zero attached hydrogens (tertiary/aromatic N) is 2. The zero-order chi connectivity index (χ0) is 51.0. The van der Waals surface area contributed by atoms with E-state index in [9.17, 15) is 0 Å². The van der Waals surface area contributed by atoms with Crippen LogP contribution >= 0.6 is 23.5 Å². The second-order valence-electron chi connectivity index (χ2n) is 28.3. The third kappa shape index (κ3) is 6.45. The van der Waals surface area contributed by atoms with E-state index in [0.717, 1.165) is 0 Å². The molecular weight excluding hydrogens is 906 g/mol. The molecule has 0 saturated heterocycles. The SMILES string of the molecule is CC(C)(C)c1ccc2c(c1)B1c3c(c4c5c(c3-n3c6ccc(C(C)(C)C)cc6c6cc(C(C)(C)C)cc1c63)Sc1ccc(C(C)(C)C)cc1B5c1cc(C(C)(C)C)cc3c5cc(C(C)(C)C)ccc5n-4c13)S2. The average molecular weight is 977 g/mol. The zero-order valence-electron chi connectivity index (χ0n) is 46.1. The van der Waals surface area contributed by atoms with E-state index in [2.05, 4.69) is 231 Å². The summed E-state index contributed by atoms with van der Waals surface area (Å²) in [6.07, 6.45) is 0. The molecule has 2 aromatic heterocycles. The van der Waals surface area contributed by atoms with Crippen LogP contribution in [-0.2, 0) is 32.5 Å². The number of aromatic nitrogens is 2. The molecule has 0 unspecified atom stereocenters. The molecule has 0 radical (unpaired) electrons. The van der Waals surface area contributed by atoms with Crippen molar-refractivity contribution in [2.45, 2.75) is 177 Å². The molecule has 0 fully saturated rings. The Balaban J connectivity index is 1.28. The highest BCUT2D eigenvalue weighted by atomic mass is 32.2. The summed E-state index contributed by atoms with van der Waals surface area (Å²) < 4.78 is 5.56. The van der Waals surface area contributed by atoms with Crippen LogP contribution in [0.15, 0.2) is 117 Å². The summed E-state index contributed by atoms with van der Waals surface area (Å²) >= 11 is 4.10. The fourth-order valence-corrected chi connectivity index (χ4v) is 15.4. The van der Waals surface area contributed by atoms with Crippen molar-refractivity contribution in [1.82, 2.24) is 9.13 Å². The van der Waals surface area contributed by atoms with Crippen LogP contribution in [0.25, 0.3) is 55.0 Å². The van der Waals surface area contributed by atoms with Crippen molar-refractivity contribution in [3.05, 3.63) is 130 Å². The van der Waals surface area contributed by atoms with Gasteiger partial charge in [-0.2, -0.15) is 0 Å². The molecule has 13 rings (SSSR count). The number of hydrogen-bond donors (Lipinski definition) is 0. The van der Waals surface area contributed by atoms with Crippen molar-refractivity contribution < 1.29 is 0 Å². The zero-order valence-corrected chi connectivity index (χ0v) is 47.7. The third-order valence-corrected chi connectivity index (χ3v) is 19.5. The van der Waals surface area contributed by atoms with Crippen LogP contribution in [0.3, 0.4) is 0 Å². The van der Waals surface area contributed by atoms with E-state index in [1.165, 1.54) is 141 Å². The summed E-state index contributed by atoms with van der Waals surface area (Å²) in [6, 6.07) is 40.4. The highest BCUT2D eigenvalue weighted by molar-refractivity contribution is 8.01. The maximum Gasteiger partial charge on any atom is 0.249 e. The predicted octanol–water partition coefficient (Wildman–Crippen LogP) is 14.3. The van der Waals surface area contributed by atoms with Gasteiger partial charge in [0.25, 0.3) is 0 Å². The smallest absolute Gasteiger partial charge is 0.249 e. The lowest BCUT2D eigenvalue weighted by molar-refractivity contribution is 0.590. The Labute approximate surface area is 438 Å². The molecular formula is C66H70B2N2S2. The van der Waals surface area contributed by atoms with Crippen molar-refractivity contribution in [3.63, 3.8) is 0 Å². The van der Waals surface area contributed by atoms with E-state index in [4.69, 9.17) is 0 Å². The molecule has 0 spiro atoms. The summed E-state index contributed by atoms with van der Waals surface area (Å²) in [7, 11) is 0. The van der Waals surface area contributed by atoms with E-state index >= 15 is 0 Å². The summed E-state index contributed by atoms with van der Waals surface area (Å²) in [5.41, 5.74) is 25.1. The van der Waals surface area contributed by atoms with Crippen molar-refractivity contribution in [2.24, 2.45) is 0 Å². The van der Waals surface area contributed by atoms with Gasteiger partial charge in [0, 0.05) is 52.2 Å². The third-order valence-electron chi connectivity index (χ3n) is 17.1. The van der Waals surface area contributed by atoms with Crippen LogP contribution in [0.5, 0.6) is 0 Å². The Morgan fingerprint density at radius 1 is 0.319 bits per heavy atom. The first-order valence-electron chi connectivity index (χ1n) is 26.7. The highest BCUT2D eigenvalue weighted by Crippen LogP contribution is 2.51. The summed E-state index contributed by atoms with van der Waals surface area (Å²) in [5, 5.41) is 5.48. The summed E-state index contributed by atoms with van der Waals surface area (Å²) in [5.74, 6) is 0. The molecule has 6 heteroatoms. The number of benzene rings is 7. The molecule has 0 atom stereocenters. The van der Waals surface area contributed by atoms with Crippen LogP contribution < -0.4 is 32.8 Å². The maximum absolute atomic E-state index is 2.78. The number of rotatable bonds is 0. The van der Waals surface area contributed by atoms with Gasteiger partial charge in [0.1, 0.15) is 0 Å². The lowest BCUT2D eigenvalue weighted by atomic mass is 9.32. The Morgan fingerprint density at radius 2 is 0.611 bits per heavy atom. The van der Waals surface area contributed by atoms with Gasteiger partial charge in [-0.25, -0.2) is 0 Å². The van der Waals surface area contributed by atoms with Crippen LogP contribution in [0, 0.1) is 0 Å². The van der Waals surface area contributed by atoms with Gasteiger partial charge >= 0.3 is 0 Å². The van der Waals surface area contributed by atoms with Crippen molar-refractivity contribution in [3.8, 4) is 11.4 Å². The van der Waals surface area contributed by atoms with Crippen molar-refractivity contribution in [1.29, 1.82) is 0 Å². The van der Waals surface area contributed by atoms with E-state index in [-0.39, 0.29) is 45.9 Å². The first-order chi connectivity index (χ1) is 33.5. The quantitative estimate of drug-likeness (QED) is 0.140. The number of fused-ring (bicyclic) bond motifs is 16. The van der Waals surface area contributed by atoms with E-state index in [1.54, 1.807) is 0 Å². The van der Waals surface area contributed by atoms with Gasteiger partial charge < -0.3 is 9.13 Å². The molecule has 2 nitrogen and oxygen atoms in total. The minimum absolute atomic E-state index is 0.00394. The highest BCUT2D eigenvalue weighted by Gasteiger charge is 2.50. The van der Waals surface area contributed by atoms with Gasteiger partial charge in [-0.05, 0) is 136 Å².